The highest BCUT2D eigenvalue weighted by atomic mass is 19.1. The van der Waals surface area contributed by atoms with Gasteiger partial charge in [0.05, 0.1) is 11.9 Å². The van der Waals surface area contributed by atoms with Gasteiger partial charge in [0.25, 0.3) is 0 Å². The third kappa shape index (κ3) is 5.76. The molecule has 0 aliphatic rings. The highest BCUT2D eigenvalue weighted by Gasteiger charge is 2.15. The van der Waals surface area contributed by atoms with E-state index < -0.39 is 5.82 Å². The first-order valence-electron chi connectivity index (χ1n) is 12.9. The number of benzene rings is 2. The fourth-order valence-electron chi connectivity index (χ4n) is 4.74. The quantitative estimate of drug-likeness (QED) is 0.135. The molecule has 0 amide bonds. The van der Waals surface area contributed by atoms with Crippen LogP contribution in [-0.4, -0.2) is 15.0 Å². The van der Waals surface area contributed by atoms with Crippen LogP contribution >= 0.6 is 0 Å². The molecule has 2 aromatic carbocycles. The van der Waals surface area contributed by atoms with Crippen LogP contribution in [0.25, 0.3) is 22.4 Å². The van der Waals surface area contributed by atoms with Crippen LogP contribution in [0.3, 0.4) is 0 Å². The SMILES string of the molecule is C=C/C=C(/c1cccnc1)c1cc(Cc2cc(-c3cncc(NC(=C)c4ccccc4)c3)c(F)cc2N)[nH]c1C. The van der Waals surface area contributed by atoms with Crippen molar-refractivity contribution in [1.82, 2.24) is 15.0 Å². The molecule has 4 N–H and O–H groups in total. The maximum Gasteiger partial charge on any atom is 0.133 e. The lowest BCUT2D eigenvalue weighted by Crippen LogP contribution is -2.01. The van der Waals surface area contributed by atoms with Crippen molar-refractivity contribution in [3.8, 4) is 11.1 Å². The highest BCUT2D eigenvalue weighted by Crippen LogP contribution is 2.32. The van der Waals surface area contributed by atoms with Crippen LogP contribution in [0, 0.1) is 12.7 Å². The first kappa shape index (κ1) is 26.4. The minimum atomic E-state index is -0.404. The summed E-state index contributed by atoms with van der Waals surface area (Å²) in [5.74, 6) is -0.404. The standard InChI is InChI=1S/C34H30FN5/c1-4-9-30(25-12-8-13-37-19-25)31-17-28(40-23(31)3)14-26-16-32(33(35)18-34(26)36)27-15-29(21-38-20-27)39-22(2)24-10-6-5-7-11-24/h4-13,15-21,39-40H,1-2,14,36H2,3H3/b30-9-. The number of anilines is 2. The van der Waals surface area contributed by atoms with Crippen LogP contribution in [0.1, 0.15) is 33.6 Å². The lowest BCUT2D eigenvalue weighted by Gasteiger charge is -2.13. The van der Waals surface area contributed by atoms with Crippen LogP contribution in [-0.2, 0) is 6.42 Å². The lowest BCUT2D eigenvalue weighted by atomic mass is 9.97. The number of hydrogen-bond donors (Lipinski definition) is 3. The number of H-pyrrole nitrogens is 1. The van der Waals surface area contributed by atoms with Gasteiger partial charge in [0, 0.05) is 70.0 Å². The number of nitrogens with zero attached hydrogens (tertiary/aromatic N) is 2. The summed E-state index contributed by atoms with van der Waals surface area (Å²) in [5.41, 5.74) is 16.0. The van der Waals surface area contributed by atoms with Crippen LogP contribution < -0.4 is 11.1 Å². The zero-order chi connectivity index (χ0) is 28.1. The van der Waals surface area contributed by atoms with Crippen molar-refractivity contribution < 1.29 is 4.39 Å². The van der Waals surface area contributed by atoms with Crippen LogP contribution in [0.5, 0.6) is 0 Å². The molecular weight excluding hydrogens is 497 g/mol. The Morgan fingerprint density at radius 3 is 2.55 bits per heavy atom. The molecule has 198 valence electrons. The zero-order valence-corrected chi connectivity index (χ0v) is 22.3. The molecule has 0 radical (unpaired) electrons. The van der Waals surface area contributed by atoms with Crippen molar-refractivity contribution in [2.45, 2.75) is 13.3 Å². The summed E-state index contributed by atoms with van der Waals surface area (Å²) in [6.45, 7) is 10.0. The Labute approximate surface area is 233 Å². The molecule has 0 fully saturated rings. The second-order valence-corrected chi connectivity index (χ2v) is 9.53. The fourth-order valence-corrected chi connectivity index (χ4v) is 4.74. The van der Waals surface area contributed by atoms with Gasteiger partial charge in [0.2, 0.25) is 0 Å². The summed E-state index contributed by atoms with van der Waals surface area (Å²) in [4.78, 5) is 12.1. The number of hydrogen-bond acceptors (Lipinski definition) is 4. The average molecular weight is 528 g/mol. The predicted octanol–water partition coefficient (Wildman–Crippen LogP) is 7.79. The van der Waals surface area contributed by atoms with Crippen molar-refractivity contribution in [1.29, 1.82) is 0 Å². The van der Waals surface area contributed by atoms with Gasteiger partial charge in [-0.3, -0.25) is 9.97 Å². The summed E-state index contributed by atoms with van der Waals surface area (Å²) in [6.07, 6.45) is 11.2. The van der Waals surface area contributed by atoms with Gasteiger partial charge in [-0.25, -0.2) is 4.39 Å². The van der Waals surface area contributed by atoms with E-state index in [4.69, 9.17) is 5.73 Å². The van der Waals surface area contributed by atoms with Gasteiger partial charge in [-0.05, 0) is 54.0 Å². The summed E-state index contributed by atoms with van der Waals surface area (Å²) in [5, 5.41) is 3.27. The number of rotatable bonds is 9. The monoisotopic (exact) mass is 527 g/mol. The molecule has 3 heterocycles. The summed E-state index contributed by atoms with van der Waals surface area (Å²) in [7, 11) is 0. The number of halogens is 1. The van der Waals surface area contributed by atoms with Gasteiger partial charge in [-0.1, -0.05) is 61.7 Å². The van der Waals surface area contributed by atoms with E-state index in [0.717, 1.165) is 44.9 Å². The fraction of sp³-hybridized carbons (Fsp3) is 0.0588. The smallest absolute Gasteiger partial charge is 0.133 e. The number of aryl methyl sites for hydroxylation is 1. The van der Waals surface area contributed by atoms with E-state index in [2.05, 4.69) is 39.5 Å². The van der Waals surface area contributed by atoms with Crippen molar-refractivity contribution in [3.63, 3.8) is 0 Å². The molecule has 0 aliphatic carbocycles. The Hall–Kier alpha value is -5.23. The predicted molar refractivity (Wildman–Crippen MR) is 163 cm³/mol. The molecule has 0 atom stereocenters. The average Bonchev–Trinajstić information content (AvgIpc) is 3.33. The minimum Gasteiger partial charge on any atom is -0.398 e. The molecule has 5 aromatic rings. The van der Waals surface area contributed by atoms with E-state index in [1.807, 2.05) is 67.7 Å². The summed E-state index contributed by atoms with van der Waals surface area (Å²) in [6, 6.07) is 20.9. The molecular formula is C34H30FN5. The Kier molecular flexibility index (Phi) is 7.69. The maximum atomic E-state index is 15.2. The number of aromatic amines is 1. The third-order valence-corrected chi connectivity index (χ3v) is 6.69. The van der Waals surface area contributed by atoms with E-state index in [-0.39, 0.29) is 0 Å². The van der Waals surface area contributed by atoms with Gasteiger partial charge in [-0.2, -0.15) is 0 Å². The van der Waals surface area contributed by atoms with Crippen molar-refractivity contribution in [3.05, 3.63) is 156 Å². The molecule has 5 nitrogen and oxygen atoms in total. The molecule has 6 heteroatoms. The highest BCUT2D eigenvalue weighted by molar-refractivity contribution is 5.82. The maximum absolute atomic E-state index is 15.2. The normalized spacial score (nSPS) is 11.3. The van der Waals surface area contributed by atoms with Gasteiger partial charge >= 0.3 is 0 Å². The second kappa shape index (κ2) is 11.7. The molecule has 0 saturated heterocycles. The lowest BCUT2D eigenvalue weighted by molar-refractivity contribution is 0.631. The van der Waals surface area contributed by atoms with Gasteiger partial charge < -0.3 is 16.0 Å². The Morgan fingerprint density at radius 1 is 1.00 bits per heavy atom. The van der Waals surface area contributed by atoms with Gasteiger partial charge in [-0.15, -0.1) is 0 Å². The Balaban J connectivity index is 1.43. The third-order valence-electron chi connectivity index (χ3n) is 6.69. The largest absolute Gasteiger partial charge is 0.398 e. The van der Waals surface area contributed by atoms with Crippen molar-refractivity contribution >= 4 is 22.6 Å². The molecule has 40 heavy (non-hydrogen) atoms. The van der Waals surface area contributed by atoms with E-state index in [0.29, 0.717) is 28.9 Å². The number of allylic oxidation sites excluding steroid dienone is 2. The van der Waals surface area contributed by atoms with E-state index in [1.165, 1.54) is 6.07 Å². The van der Waals surface area contributed by atoms with Gasteiger partial charge in [0.15, 0.2) is 0 Å². The Morgan fingerprint density at radius 2 is 1.80 bits per heavy atom. The number of pyridine rings is 2. The molecule has 0 unspecified atom stereocenters. The van der Waals surface area contributed by atoms with E-state index in [1.54, 1.807) is 30.7 Å². The van der Waals surface area contributed by atoms with Crippen LogP contribution in [0.15, 0.2) is 117 Å². The van der Waals surface area contributed by atoms with Crippen molar-refractivity contribution in [2.75, 3.05) is 11.1 Å². The van der Waals surface area contributed by atoms with E-state index in [9.17, 15) is 0 Å². The van der Waals surface area contributed by atoms with Crippen LogP contribution in [0.2, 0.25) is 0 Å². The number of nitrogens with two attached hydrogens (primary N) is 1. The van der Waals surface area contributed by atoms with Crippen molar-refractivity contribution in [2.24, 2.45) is 0 Å². The minimum absolute atomic E-state index is 0.392. The summed E-state index contributed by atoms with van der Waals surface area (Å²) < 4.78 is 15.2. The second-order valence-electron chi connectivity index (χ2n) is 9.53. The molecule has 0 spiro atoms. The molecule has 5 rings (SSSR count). The van der Waals surface area contributed by atoms with E-state index >= 15 is 4.39 Å². The first-order valence-corrected chi connectivity index (χ1v) is 12.9. The molecule has 3 aromatic heterocycles. The molecule has 0 bridgehead atoms. The Bertz CT molecular complexity index is 1700. The molecule has 0 saturated carbocycles. The number of aromatic nitrogens is 3. The molecule has 0 aliphatic heterocycles. The summed E-state index contributed by atoms with van der Waals surface area (Å²) >= 11 is 0. The first-order chi connectivity index (χ1) is 19.4. The van der Waals surface area contributed by atoms with Crippen LogP contribution in [0.4, 0.5) is 15.8 Å². The zero-order valence-electron chi connectivity index (χ0n) is 22.3. The topological polar surface area (TPSA) is 79.6 Å². The number of nitrogen functional groups attached to an aromatic ring is 1. The van der Waals surface area contributed by atoms with Gasteiger partial charge in [0.1, 0.15) is 5.82 Å². The number of nitrogens with one attached hydrogen (secondary N) is 2.